The van der Waals surface area contributed by atoms with Crippen molar-refractivity contribution in [3.63, 3.8) is 0 Å². The summed E-state index contributed by atoms with van der Waals surface area (Å²) >= 11 is 0. The van der Waals surface area contributed by atoms with E-state index in [-0.39, 0.29) is 12.6 Å². The van der Waals surface area contributed by atoms with Crippen molar-refractivity contribution in [1.29, 1.82) is 0 Å². The average Bonchev–Trinajstić information content (AvgIpc) is 2.81. The van der Waals surface area contributed by atoms with Gasteiger partial charge in [-0.1, -0.05) is 20.3 Å². The van der Waals surface area contributed by atoms with Crippen LogP contribution >= 0.6 is 0 Å². The van der Waals surface area contributed by atoms with Crippen LogP contribution in [0.1, 0.15) is 31.8 Å². The molecule has 0 spiro atoms. The minimum Gasteiger partial charge on any atom is -0.394 e. The summed E-state index contributed by atoms with van der Waals surface area (Å²) in [5.74, 6) is 2.22. The van der Waals surface area contributed by atoms with Crippen molar-refractivity contribution in [2.24, 2.45) is 5.92 Å². The summed E-state index contributed by atoms with van der Waals surface area (Å²) in [5.41, 5.74) is 7.13. The fraction of sp³-hybridized carbons (Fsp3) is 0.571. The number of hydrogen-bond acceptors (Lipinski definition) is 6. The Balaban J connectivity index is 2.40. The van der Waals surface area contributed by atoms with E-state index < -0.39 is 0 Å². The van der Waals surface area contributed by atoms with Crippen molar-refractivity contribution in [2.75, 3.05) is 12.3 Å². The number of aliphatic hydroxyl groups is 1. The van der Waals surface area contributed by atoms with Crippen molar-refractivity contribution in [2.45, 2.75) is 40.2 Å². The monoisotopic (exact) mass is 290 g/mol. The number of rotatable bonds is 6. The zero-order chi connectivity index (χ0) is 15.4. The van der Waals surface area contributed by atoms with E-state index in [1.54, 1.807) is 10.9 Å². The molecule has 0 aromatic carbocycles. The molecule has 0 bridgehead atoms. The molecule has 114 valence electrons. The molecular formula is C14H22N6O. The van der Waals surface area contributed by atoms with Crippen LogP contribution in [0.3, 0.4) is 0 Å². The van der Waals surface area contributed by atoms with Gasteiger partial charge in [-0.05, 0) is 12.8 Å². The Morgan fingerprint density at radius 3 is 2.76 bits per heavy atom. The van der Waals surface area contributed by atoms with Gasteiger partial charge in [-0.2, -0.15) is 5.10 Å². The Labute approximate surface area is 124 Å². The largest absolute Gasteiger partial charge is 0.394 e. The van der Waals surface area contributed by atoms with Gasteiger partial charge >= 0.3 is 0 Å². The third kappa shape index (κ3) is 3.55. The van der Waals surface area contributed by atoms with Crippen LogP contribution in [0.15, 0.2) is 6.20 Å². The SMILES string of the molecule is CCC(C)Cc1nc(-c2cnc(N)nc2C)n(CCO)n1. The number of aromatic nitrogens is 5. The number of nitrogens with two attached hydrogens (primary N) is 1. The van der Waals surface area contributed by atoms with E-state index in [1.165, 1.54) is 0 Å². The number of anilines is 1. The Bertz CT molecular complexity index is 610. The molecule has 0 aliphatic carbocycles. The Hall–Kier alpha value is -2.02. The summed E-state index contributed by atoms with van der Waals surface area (Å²) in [6, 6.07) is 0. The van der Waals surface area contributed by atoms with E-state index in [0.717, 1.165) is 29.9 Å². The molecule has 0 fully saturated rings. The molecule has 2 aromatic heterocycles. The zero-order valence-electron chi connectivity index (χ0n) is 12.7. The molecule has 2 heterocycles. The molecule has 0 saturated carbocycles. The minimum absolute atomic E-state index is 0.00795. The summed E-state index contributed by atoms with van der Waals surface area (Å²) in [6.45, 7) is 6.58. The van der Waals surface area contributed by atoms with Crippen LogP contribution in [0.5, 0.6) is 0 Å². The summed E-state index contributed by atoms with van der Waals surface area (Å²) in [7, 11) is 0. The van der Waals surface area contributed by atoms with Gasteiger partial charge < -0.3 is 10.8 Å². The van der Waals surface area contributed by atoms with Crippen molar-refractivity contribution >= 4 is 5.95 Å². The van der Waals surface area contributed by atoms with Gasteiger partial charge in [0.05, 0.1) is 24.4 Å². The molecule has 7 nitrogen and oxygen atoms in total. The van der Waals surface area contributed by atoms with E-state index in [0.29, 0.717) is 18.3 Å². The zero-order valence-corrected chi connectivity index (χ0v) is 12.7. The highest BCUT2D eigenvalue weighted by Gasteiger charge is 2.16. The molecule has 2 rings (SSSR count). The van der Waals surface area contributed by atoms with Crippen molar-refractivity contribution in [3.8, 4) is 11.4 Å². The quantitative estimate of drug-likeness (QED) is 0.829. The van der Waals surface area contributed by atoms with Gasteiger partial charge in [0.2, 0.25) is 5.95 Å². The highest BCUT2D eigenvalue weighted by atomic mass is 16.3. The van der Waals surface area contributed by atoms with Gasteiger partial charge in [0, 0.05) is 12.6 Å². The Kier molecular flexibility index (Phi) is 4.85. The van der Waals surface area contributed by atoms with Crippen LogP contribution in [0.4, 0.5) is 5.95 Å². The van der Waals surface area contributed by atoms with Crippen molar-refractivity contribution in [1.82, 2.24) is 24.7 Å². The average molecular weight is 290 g/mol. The van der Waals surface area contributed by atoms with E-state index in [9.17, 15) is 5.11 Å². The topological polar surface area (TPSA) is 103 Å². The maximum absolute atomic E-state index is 9.20. The summed E-state index contributed by atoms with van der Waals surface area (Å²) in [5, 5.41) is 13.7. The van der Waals surface area contributed by atoms with Gasteiger partial charge in [-0.3, -0.25) is 0 Å². The van der Waals surface area contributed by atoms with Gasteiger partial charge in [0.15, 0.2) is 11.6 Å². The molecule has 0 radical (unpaired) electrons. The lowest BCUT2D eigenvalue weighted by Gasteiger charge is -2.06. The van der Waals surface area contributed by atoms with Crippen LogP contribution < -0.4 is 5.73 Å². The molecule has 1 atom stereocenters. The Morgan fingerprint density at radius 1 is 1.38 bits per heavy atom. The fourth-order valence-electron chi connectivity index (χ4n) is 2.09. The van der Waals surface area contributed by atoms with Crippen LogP contribution in [-0.2, 0) is 13.0 Å². The van der Waals surface area contributed by atoms with Gasteiger partial charge in [-0.25, -0.2) is 19.6 Å². The molecule has 0 aliphatic rings. The lowest BCUT2D eigenvalue weighted by Crippen LogP contribution is -2.08. The predicted octanol–water partition coefficient (Wildman–Crippen LogP) is 1.21. The highest BCUT2D eigenvalue weighted by molar-refractivity contribution is 5.57. The minimum atomic E-state index is 0.00795. The van der Waals surface area contributed by atoms with Gasteiger partial charge in [0.1, 0.15) is 0 Å². The molecule has 21 heavy (non-hydrogen) atoms. The molecule has 1 unspecified atom stereocenters. The Morgan fingerprint density at radius 2 is 2.14 bits per heavy atom. The standard InChI is InChI=1S/C14H22N6O/c1-4-9(2)7-12-18-13(20(19-12)5-6-21)11-8-16-14(15)17-10(11)3/h8-9,21H,4-7H2,1-3H3,(H2,15,16,17). The maximum Gasteiger partial charge on any atom is 0.220 e. The lowest BCUT2D eigenvalue weighted by molar-refractivity contribution is 0.269. The molecule has 0 aliphatic heterocycles. The van der Waals surface area contributed by atoms with E-state index in [2.05, 4.69) is 33.9 Å². The molecule has 0 amide bonds. The first-order valence-corrected chi connectivity index (χ1v) is 7.19. The highest BCUT2D eigenvalue weighted by Crippen LogP contribution is 2.21. The number of hydrogen-bond donors (Lipinski definition) is 2. The summed E-state index contributed by atoms with van der Waals surface area (Å²) in [4.78, 5) is 12.8. The van der Waals surface area contributed by atoms with Gasteiger partial charge in [0.25, 0.3) is 0 Å². The summed E-state index contributed by atoms with van der Waals surface area (Å²) in [6.07, 6.45) is 3.55. The molecule has 2 aromatic rings. The molecule has 3 N–H and O–H groups in total. The first kappa shape index (κ1) is 15.4. The number of nitrogen functional groups attached to an aromatic ring is 1. The predicted molar refractivity (Wildman–Crippen MR) is 80.4 cm³/mol. The number of nitrogens with zero attached hydrogens (tertiary/aromatic N) is 5. The third-order valence-corrected chi connectivity index (χ3v) is 3.49. The van der Waals surface area contributed by atoms with Crippen LogP contribution in [0.2, 0.25) is 0 Å². The second-order valence-electron chi connectivity index (χ2n) is 5.24. The van der Waals surface area contributed by atoms with Crippen LogP contribution in [0.25, 0.3) is 11.4 Å². The first-order chi connectivity index (χ1) is 10.0. The fourth-order valence-corrected chi connectivity index (χ4v) is 2.09. The van der Waals surface area contributed by atoms with Crippen LogP contribution in [-0.4, -0.2) is 36.4 Å². The van der Waals surface area contributed by atoms with Crippen LogP contribution in [0, 0.1) is 12.8 Å². The van der Waals surface area contributed by atoms with Crippen molar-refractivity contribution < 1.29 is 5.11 Å². The third-order valence-electron chi connectivity index (χ3n) is 3.49. The van der Waals surface area contributed by atoms with Gasteiger partial charge in [-0.15, -0.1) is 0 Å². The lowest BCUT2D eigenvalue weighted by atomic mass is 10.1. The smallest absolute Gasteiger partial charge is 0.220 e. The summed E-state index contributed by atoms with van der Waals surface area (Å²) < 4.78 is 1.71. The van der Waals surface area contributed by atoms with E-state index >= 15 is 0 Å². The second kappa shape index (κ2) is 6.62. The maximum atomic E-state index is 9.20. The second-order valence-corrected chi connectivity index (χ2v) is 5.24. The normalized spacial score (nSPS) is 12.6. The molecule has 0 saturated heterocycles. The molecule has 7 heteroatoms. The molecular weight excluding hydrogens is 268 g/mol. The first-order valence-electron chi connectivity index (χ1n) is 7.19. The van der Waals surface area contributed by atoms with E-state index in [4.69, 9.17) is 5.73 Å². The number of aliphatic hydroxyl groups excluding tert-OH is 1. The van der Waals surface area contributed by atoms with Crippen molar-refractivity contribution in [3.05, 3.63) is 17.7 Å². The van der Waals surface area contributed by atoms with E-state index in [1.807, 2.05) is 6.92 Å². The number of aryl methyl sites for hydroxylation is 1.